The van der Waals surface area contributed by atoms with Gasteiger partial charge in [-0.2, -0.15) is 0 Å². The lowest BCUT2D eigenvalue weighted by atomic mass is 10.3. The normalized spacial score (nSPS) is 9.88. The molecular weight excluding hydrogens is 202 g/mol. The molecule has 1 aromatic carbocycles. The van der Waals surface area contributed by atoms with Crippen LogP contribution in [0.25, 0.3) is 0 Å². The first kappa shape index (κ1) is 10.4. The van der Waals surface area contributed by atoms with Crippen molar-refractivity contribution in [2.75, 3.05) is 19.1 Å². The van der Waals surface area contributed by atoms with E-state index in [-0.39, 0.29) is 0 Å². The van der Waals surface area contributed by atoms with Crippen molar-refractivity contribution in [1.29, 1.82) is 0 Å². The van der Waals surface area contributed by atoms with Crippen LogP contribution in [-0.2, 0) is 0 Å². The lowest BCUT2D eigenvalue weighted by Gasteiger charge is -2.18. The topological polar surface area (TPSA) is 38.2 Å². The summed E-state index contributed by atoms with van der Waals surface area (Å²) in [4.78, 5) is 10.1. The van der Waals surface area contributed by atoms with E-state index in [9.17, 15) is 0 Å². The predicted octanol–water partition coefficient (Wildman–Crippen LogP) is 2.25. The molecule has 0 bridgehead atoms. The van der Waals surface area contributed by atoms with Gasteiger partial charge in [0, 0.05) is 25.0 Å². The molecule has 16 heavy (non-hydrogen) atoms. The second-order valence-electron chi connectivity index (χ2n) is 3.33. The number of anilines is 2. The molecule has 4 nitrogen and oxygen atoms in total. The smallest absolute Gasteiger partial charge is 0.136 e. The van der Waals surface area contributed by atoms with Gasteiger partial charge in [-0.3, -0.25) is 0 Å². The standard InChI is InChI=1S/C12H13N3O/c1-15(12-6-7-13-9-14-12)10-4-3-5-11(8-10)16-2/h3-9H,1-2H3. The summed E-state index contributed by atoms with van der Waals surface area (Å²) < 4.78 is 5.18. The Hall–Kier alpha value is -2.10. The molecule has 0 saturated carbocycles. The molecule has 0 saturated heterocycles. The van der Waals surface area contributed by atoms with Gasteiger partial charge in [0.15, 0.2) is 0 Å². The van der Waals surface area contributed by atoms with E-state index in [0.717, 1.165) is 17.3 Å². The van der Waals surface area contributed by atoms with Crippen LogP contribution in [0.1, 0.15) is 0 Å². The molecule has 0 aliphatic carbocycles. The molecule has 0 unspecified atom stereocenters. The van der Waals surface area contributed by atoms with Crippen LogP contribution in [0, 0.1) is 0 Å². The van der Waals surface area contributed by atoms with Crippen LogP contribution >= 0.6 is 0 Å². The van der Waals surface area contributed by atoms with Crippen molar-refractivity contribution in [2.45, 2.75) is 0 Å². The molecule has 0 aliphatic heterocycles. The highest BCUT2D eigenvalue weighted by atomic mass is 16.5. The lowest BCUT2D eigenvalue weighted by molar-refractivity contribution is 0.415. The summed E-state index contributed by atoms with van der Waals surface area (Å²) in [6, 6.07) is 9.69. The highest BCUT2D eigenvalue weighted by Gasteiger charge is 2.05. The van der Waals surface area contributed by atoms with E-state index >= 15 is 0 Å². The van der Waals surface area contributed by atoms with Crippen LogP contribution in [0.5, 0.6) is 5.75 Å². The Morgan fingerprint density at radius 3 is 2.81 bits per heavy atom. The van der Waals surface area contributed by atoms with E-state index in [2.05, 4.69) is 9.97 Å². The van der Waals surface area contributed by atoms with Crippen molar-refractivity contribution < 1.29 is 4.74 Å². The van der Waals surface area contributed by atoms with Gasteiger partial charge in [-0.1, -0.05) is 6.07 Å². The van der Waals surface area contributed by atoms with Crippen LogP contribution in [0.3, 0.4) is 0 Å². The number of rotatable bonds is 3. The second-order valence-corrected chi connectivity index (χ2v) is 3.33. The first-order chi connectivity index (χ1) is 7.81. The molecule has 1 aromatic heterocycles. The number of hydrogen-bond acceptors (Lipinski definition) is 4. The van der Waals surface area contributed by atoms with E-state index in [1.807, 2.05) is 42.3 Å². The third-order valence-electron chi connectivity index (χ3n) is 2.35. The minimum Gasteiger partial charge on any atom is -0.497 e. The maximum atomic E-state index is 5.18. The molecular formula is C12H13N3O. The Kier molecular flexibility index (Phi) is 3.00. The largest absolute Gasteiger partial charge is 0.497 e. The fourth-order valence-electron chi connectivity index (χ4n) is 1.43. The molecule has 0 fully saturated rings. The highest BCUT2D eigenvalue weighted by Crippen LogP contribution is 2.24. The van der Waals surface area contributed by atoms with E-state index in [0.29, 0.717) is 0 Å². The van der Waals surface area contributed by atoms with Gasteiger partial charge >= 0.3 is 0 Å². The molecule has 0 amide bonds. The van der Waals surface area contributed by atoms with Gasteiger partial charge in [0.2, 0.25) is 0 Å². The summed E-state index contributed by atoms with van der Waals surface area (Å²) in [5.41, 5.74) is 1.03. The minimum atomic E-state index is 0.832. The summed E-state index contributed by atoms with van der Waals surface area (Å²) in [7, 11) is 3.61. The van der Waals surface area contributed by atoms with Gasteiger partial charge in [-0.15, -0.1) is 0 Å². The third-order valence-corrected chi connectivity index (χ3v) is 2.35. The molecule has 0 spiro atoms. The van der Waals surface area contributed by atoms with Crippen molar-refractivity contribution in [3.63, 3.8) is 0 Å². The van der Waals surface area contributed by atoms with Gasteiger partial charge in [0.05, 0.1) is 7.11 Å². The first-order valence-electron chi connectivity index (χ1n) is 4.95. The van der Waals surface area contributed by atoms with E-state index in [1.165, 1.54) is 6.33 Å². The van der Waals surface area contributed by atoms with E-state index < -0.39 is 0 Å². The van der Waals surface area contributed by atoms with Crippen LogP contribution < -0.4 is 9.64 Å². The fourth-order valence-corrected chi connectivity index (χ4v) is 1.43. The summed E-state index contributed by atoms with van der Waals surface area (Å²) >= 11 is 0. The van der Waals surface area contributed by atoms with Crippen molar-refractivity contribution in [3.8, 4) is 5.75 Å². The number of ether oxygens (including phenoxy) is 1. The zero-order valence-corrected chi connectivity index (χ0v) is 9.29. The van der Waals surface area contributed by atoms with Crippen LogP contribution in [-0.4, -0.2) is 24.1 Å². The summed E-state index contributed by atoms with van der Waals surface area (Å²) in [5, 5.41) is 0. The Morgan fingerprint density at radius 1 is 1.25 bits per heavy atom. The summed E-state index contributed by atoms with van der Waals surface area (Å²) in [5.74, 6) is 1.68. The monoisotopic (exact) mass is 215 g/mol. The third kappa shape index (κ3) is 2.11. The number of nitrogens with zero attached hydrogens (tertiary/aromatic N) is 3. The average molecular weight is 215 g/mol. The molecule has 0 atom stereocenters. The number of methoxy groups -OCH3 is 1. The Bertz CT molecular complexity index is 459. The van der Waals surface area contributed by atoms with Crippen molar-refractivity contribution >= 4 is 11.5 Å². The molecule has 0 radical (unpaired) electrons. The van der Waals surface area contributed by atoms with Gasteiger partial charge in [-0.05, 0) is 18.2 Å². The molecule has 1 heterocycles. The molecule has 82 valence electrons. The molecule has 0 aliphatic rings. The average Bonchev–Trinajstić information content (AvgIpc) is 2.39. The Morgan fingerprint density at radius 2 is 2.12 bits per heavy atom. The zero-order valence-electron chi connectivity index (χ0n) is 9.29. The van der Waals surface area contributed by atoms with Gasteiger partial charge in [0.1, 0.15) is 17.9 Å². The van der Waals surface area contributed by atoms with Crippen LogP contribution in [0.4, 0.5) is 11.5 Å². The maximum absolute atomic E-state index is 5.18. The fraction of sp³-hybridized carbons (Fsp3) is 0.167. The van der Waals surface area contributed by atoms with E-state index in [4.69, 9.17) is 4.74 Å². The maximum Gasteiger partial charge on any atom is 0.136 e. The Balaban J connectivity index is 2.30. The van der Waals surface area contributed by atoms with Gasteiger partial charge < -0.3 is 9.64 Å². The van der Waals surface area contributed by atoms with Crippen molar-refractivity contribution in [2.24, 2.45) is 0 Å². The number of aromatic nitrogens is 2. The van der Waals surface area contributed by atoms with E-state index in [1.54, 1.807) is 13.3 Å². The molecule has 4 heteroatoms. The van der Waals surface area contributed by atoms with Gasteiger partial charge in [0.25, 0.3) is 0 Å². The number of hydrogen-bond donors (Lipinski definition) is 0. The summed E-state index contributed by atoms with van der Waals surface area (Å²) in [6.45, 7) is 0. The van der Waals surface area contributed by atoms with Gasteiger partial charge in [-0.25, -0.2) is 9.97 Å². The Labute approximate surface area is 94.5 Å². The molecule has 2 rings (SSSR count). The zero-order chi connectivity index (χ0) is 11.4. The highest BCUT2D eigenvalue weighted by molar-refractivity contribution is 5.60. The van der Waals surface area contributed by atoms with Crippen molar-refractivity contribution in [1.82, 2.24) is 9.97 Å². The quantitative estimate of drug-likeness (QED) is 0.787. The SMILES string of the molecule is COc1cccc(N(C)c2ccncn2)c1. The number of benzene rings is 1. The summed E-state index contributed by atoms with van der Waals surface area (Å²) in [6.07, 6.45) is 3.25. The minimum absolute atomic E-state index is 0.832. The molecule has 2 aromatic rings. The first-order valence-corrected chi connectivity index (χ1v) is 4.95. The van der Waals surface area contributed by atoms with Crippen LogP contribution in [0.2, 0.25) is 0 Å². The second kappa shape index (κ2) is 4.61. The lowest BCUT2D eigenvalue weighted by Crippen LogP contribution is -2.10. The predicted molar refractivity (Wildman–Crippen MR) is 63.1 cm³/mol. The molecule has 0 N–H and O–H groups in total. The van der Waals surface area contributed by atoms with Crippen LogP contribution in [0.15, 0.2) is 42.9 Å². The van der Waals surface area contributed by atoms with Crippen molar-refractivity contribution in [3.05, 3.63) is 42.9 Å².